The first-order chi connectivity index (χ1) is 17.2. The molecule has 0 saturated carbocycles. The van der Waals surface area contributed by atoms with Crippen LogP contribution in [0, 0.1) is 0 Å². The van der Waals surface area contributed by atoms with Gasteiger partial charge < -0.3 is 15.3 Å². The normalized spacial score (nSPS) is 14.1. The van der Waals surface area contributed by atoms with E-state index in [1.807, 2.05) is 49.4 Å². The number of nitrogens with one attached hydrogen (secondary N) is 2. The van der Waals surface area contributed by atoms with Crippen LogP contribution in [0.3, 0.4) is 0 Å². The third-order valence-electron chi connectivity index (χ3n) is 6.29. The van der Waals surface area contributed by atoms with E-state index < -0.39 is 6.03 Å². The van der Waals surface area contributed by atoms with Crippen molar-refractivity contribution < 1.29 is 9.90 Å². The van der Waals surface area contributed by atoms with Gasteiger partial charge in [-0.1, -0.05) is 68.1 Å². The first-order valence-corrected chi connectivity index (χ1v) is 13.2. The summed E-state index contributed by atoms with van der Waals surface area (Å²) in [5.41, 5.74) is 4.66. The van der Waals surface area contributed by atoms with E-state index in [2.05, 4.69) is 34.4 Å². The summed E-state index contributed by atoms with van der Waals surface area (Å²) in [7, 11) is 0. The van der Waals surface area contributed by atoms with Gasteiger partial charge in [-0.05, 0) is 60.0 Å². The SMILES string of the molecule is CCC(=S)c1ccc(O)c2c1C(C)(C)CN2c1ccccc1NC(=O)Nc1nc2ccc(Cl)cc2s1. The number of thiazole rings is 1. The molecule has 0 radical (unpaired) electrons. The van der Waals surface area contributed by atoms with Crippen LogP contribution in [-0.4, -0.2) is 27.5 Å². The van der Waals surface area contributed by atoms with Crippen LogP contribution in [0.2, 0.25) is 5.02 Å². The Bertz CT molecular complexity index is 1520. The molecule has 1 aliphatic heterocycles. The maximum absolute atomic E-state index is 12.9. The van der Waals surface area contributed by atoms with Gasteiger partial charge in [0.15, 0.2) is 5.13 Å². The smallest absolute Gasteiger partial charge is 0.325 e. The molecule has 0 atom stereocenters. The molecule has 0 saturated heterocycles. The van der Waals surface area contributed by atoms with Crippen molar-refractivity contribution in [2.24, 2.45) is 0 Å². The Morgan fingerprint density at radius 3 is 2.75 bits per heavy atom. The summed E-state index contributed by atoms with van der Waals surface area (Å²) in [4.78, 5) is 20.3. The number of phenolic OH excluding ortho intramolecular Hbond substituents is 1. The monoisotopic (exact) mass is 536 g/mol. The van der Waals surface area contributed by atoms with E-state index in [4.69, 9.17) is 23.8 Å². The molecule has 0 aliphatic carbocycles. The summed E-state index contributed by atoms with van der Waals surface area (Å²) < 4.78 is 0.894. The Hall–Kier alpha value is -3.20. The third kappa shape index (κ3) is 4.40. The van der Waals surface area contributed by atoms with Gasteiger partial charge in [-0.2, -0.15) is 0 Å². The second kappa shape index (κ2) is 9.35. The second-order valence-corrected chi connectivity index (χ2v) is 11.3. The fourth-order valence-electron chi connectivity index (χ4n) is 4.74. The van der Waals surface area contributed by atoms with Crippen molar-refractivity contribution in [1.29, 1.82) is 0 Å². The van der Waals surface area contributed by atoms with E-state index in [0.717, 1.165) is 44.0 Å². The highest BCUT2D eigenvalue weighted by Gasteiger charge is 2.40. The second-order valence-electron chi connectivity index (χ2n) is 9.33. The first kappa shape index (κ1) is 24.5. The number of nitrogens with zero attached hydrogens (tertiary/aromatic N) is 2. The molecular formula is C27H25ClN4O2S2. The van der Waals surface area contributed by atoms with Crippen molar-refractivity contribution in [1.82, 2.24) is 4.98 Å². The Labute approximate surface area is 223 Å². The predicted octanol–water partition coefficient (Wildman–Crippen LogP) is 7.86. The molecule has 9 heteroatoms. The van der Waals surface area contributed by atoms with Crippen LogP contribution in [0.1, 0.15) is 38.3 Å². The highest BCUT2D eigenvalue weighted by molar-refractivity contribution is 7.80. The number of carbonyl (C=O) groups excluding carboxylic acids is 1. The molecule has 36 heavy (non-hydrogen) atoms. The number of phenols is 1. The average molecular weight is 537 g/mol. The predicted molar refractivity (Wildman–Crippen MR) is 154 cm³/mol. The molecule has 3 aromatic carbocycles. The maximum atomic E-state index is 12.9. The maximum Gasteiger partial charge on any atom is 0.325 e. The number of urea groups is 1. The van der Waals surface area contributed by atoms with Crippen LogP contribution >= 0.6 is 35.2 Å². The van der Waals surface area contributed by atoms with E-state index in [1.165, 1.54) is 11.3 Å². The van der Waals surface area contributed by atoms with Crippen molar-refractivity contribution in [3.05, 3.63) is 70.7 Å². The summed E-state index contributed by atoms with van der Waals surface area (Å²) >= 11 is 13.1. The number of aromatic nitrogens is 1. The van der Waals surface area contributed by atoms with Gasteiger partial charge in [0.1, 0.15) is 5.75 Å². The lowest BCUT2D eigenvalue weighted by atomic mass is 9.82. The molecule has 1 aromatic heterocycles. The summed E-state index contributed by atoms with van der Waals surface area (Å²) in [6.07, 6.45) is 0.749. The molecule has 0 unspecified atom stereocenters. The van der Waals surface area contributed by atoms with Crippen LogP contribution in [0.25, 0.3) is 10.2 Å². The minimum Gasteiger partial charge on any atom is -0.506 e. The van der Waals surface area contributed by atoms with Gasteiger partial charge >= 0.3 is 6.03 Å². The van der Waals surface area contributed by atoms with Crippen molar-refractivity contribution >= 4 is 78.5 Å². The number of benzene rings is 3. The highest BCUT2D eigenvalue weighted by atomic mass is 35.5. The molecule has 3 N–H and O–H groups in total. The lowest BCUT2D eigenvalue weighted by Gasteiger charge is -2.25. The highest BCUT2D eigenvalue weighted by Crippen LogP contribution is 2.51. The lowest BCUT2D eigenvalue weighted by molar-refractivity contribution is 0.262. The van der Waals surface area contributed by atoms with Crippen LogP contribution in [0.15, 0.2) is 54.6 Å². The van der Waals surface area contributed by atoms with Gasteiger partial charge in [0.25, 0.3) is 0 Å². The third-order valence-corrected chi connectivity index (χ3v) is 7.97. The number of rotatable bonds is 5. The zero-order valence-electron chi connectivity index (χ0n) is 20.1. The van der Waals surface area contributed by atoms with Gasteiger partial charge in [0.2, 0.25) is 0 Å². The van der Waals surface area contributed by atoms with E-state index in [0.29, 0.717) is 22.4 Å². The first-order valence-electron chi connectivity index (χ1n) is 11.6. The number of carbonyl (C=O) groups is 1. The minimum absolute atomic E-state index is 0.186. The quantitative estimate of drug-likeness (QED) is 0.179. The van der Waals surface area contributed by atoms with Crippen LogP contribution in [-0.2, 0) is 5.41 Å². The summed E-state index contributed by atoms with van der Waals surface area (Å²) in [6, 6.07) is 16.2. The number of anilines is 4. The zero-order valence-corrected chi connectivity index (χ0v) is 22.4. The number of hydrogen-bond donors (Lipinski definition) is 3. The molecule has 2 heterocycles. The fourth-order valence-corrected chi connectivity index (χ4v) is 6.04. The number of halogens is 1. The number of amides is 2. The van der Waals surface area contributed by atoms with Crippen LogP contribution in [0.5, 0.6) is 5.75 Å². The van der Waals surface area contributed by atoms with Crippen LogP contribution in [0.4, 0.5) is 27.0 Å². The van der Waals surface area contributed by atoms with Gasteiger partial charge in [0.05, 0.1) is 27.3 Å². The van der Waals surface area contributed by atoms with E-state index in [1.54, 1.807) is 12.1 Å². The number of fused-ring (bicyclic) bond motifs is 2. The van der Waals surface area contributed by atoms with Crippen molar-refractivity contribution in [3.63, 3.8) is 0 Å². The summed E-state index contributed by atoms with van der Waals surface area (Å²) in [5.74, 6) is 0.186. The fraction of sp³-hybridized carbons (Fsp3) is 0.222. The van der Waals surface area contributed by atoms with E-state index in [-0.39, 0.29) is 11.2 Å². The molecule has 0 bridgehead atoms. The number of thiocarbonyl (C=S) groups is 1. The lowest BCUT2D eigenvalue weighted by Crippen LogP contribution is -2.27. The largest absolute Gasteiger partial charge is 0.506 e. The molecule has 5 rings (SSSR count). The molecule has 6 nitrogen and oxygen atoms in total. The van der Waals surface area contributed by atoms with Gasteiger partial charge in [-0.15, -0.1) is 0 Å². The molecule has 2 amide bonds. The molecule has 184 valence electrons. The average Bonchev–Trinajstić information content (AvgIpc) is 3.36. The van der Waals surface area contributed by atoms with E-state index in [9.17, 15) is 9.90 Å². The topological polar surface area (TPSA) is 77.5 Å². The van der Waals surface area contributed by atoms with Gasteiger partial charge in [-0.25, -0.2) is 9.78 Å². The minimum atomic E-state index is -0.406. The van der Waals surface area contributed by atoms with Crippen molar-refractivity contribution in [2.75, 3.05) is 22.1 Å². The Morgan fingerprint density at radius 1 is 1.19 bits per heavy atom. The number of para-hydroxylation sites is 2. The number of aromatic hydroxyl groups is 1. The van der Waals surface area contributed by atoms with Gasteiger partial charge in [0, 0.05) is 21.8 Å². The number of hydrogen-bond acceptors (Lipinski definition) is 6. The Kier molecular flexibility index (Phi) is 6.36. The van der Waals surface area contributed by atoms with Crippen molar-refractivity contribution in [3.8, 4) is 5.75 Å². The van der Waals surface area contributed by atoms with Crippen LogP contribution < -0.4 is 15.5 Å². The summed E-state index contributed by atoms with van der Waals surface area (Å²) in [6.45, 7) is 6.96. The molecule has 1 aliphatic rings. The molecule has 4 aromatic rings. The molecule has 0 spiro atoms. The van der Waals surface area contributed by atoms with Crippen molar-refractivity contribution in [2.45, 2.75) is 32.6 Å². The molecule has 0 fully saturated rings. The standard InChI is InChI=1S/C27H25ClN4O2S2/c1-4-21(35)16-10-12-20(33)24-23(16)27(2,3)14-32(24)19-8-6-5-7-17(19)29-25(34)31-26-30-18-11-9-15(28)13-22(18)36-26/h5-13,33H,4,14H2,1-3H3,(H2,29,30,31,34). The summed E-state index contributed by atoms with van der Waals surface area (Å²) in [5, 5.41) is 17.8. The Balaban J connectivity index is 1.47. The Morgan fingerprint density at radius 2 is 1.97 bits per heavy atom. The van der Waals surface area contributed by atoms with E-state index >= 15 is 0 Å². The zero-order chi connectivity index (χ0) is 25.6. The molecular weight excluding hydrogens is 512 g/mol. The van der Waals surface area contributed by atoms with Gasteiger partial charge in [-0.3, -0.25) is 5.32 Å².